The van der Waals surface area contributed by atoms with Crippen molar-refractivity contribution in [1.29, 1.82) is 0 Å². The van der Waals surface area contributed by atoms with Gasteiger partial charge in [0.1, 0.15) is 5.82 Å². The molecule has 0 heterocycles. The SMILES string of the molecule is COC1CCCC(NCc2cc(C)c(F)c(C)c2)C1. The minimum Gasteiger partial charge on any atom is -0.381 e. The van der Waals surface area contributed by atoms with E-state index < -0.39 is 0 Å². The first-order chi connectivity index (χ1) is 9.10. The Hall–Kier alpha value is -0.930. The largest absolute Gasteiger partial charge is 0.381 e. The summed E-state index contributed by atoms with van der Waals surface area (Å²) < 4.78 is 19.0. The van der Waals surface area contributed by atoms with Crippen LogP contribution in [0.1, 0.15) is 42.4 Å². The average molecular weight is 265 g/mol. The molecule has 1 fully saturated rings. The number of hydrogen-bond acceptors (Lipinski definition) is 2. The fourth-order valence-electron chi connectivity index (χ4n) is 2.94. The lowest BCUT2D eigenvalue weighted by Gasteiger charge is -2.29. The minimum absolute atomic E-state index is 0.0825. The summed E-state index contributed by atoms with van der Waals surface area (Å²) in [6, 6.07) is 4.39. The van der Waals surface area contributed by atoms with Crippen molar-refractivity contribution in [2.24, 2.45) is 0 Å². The van der Waals surface area contributed by atoms with Gasteiger partial charge in [-0.05, 0) is 56.2 Å². The zero-order chi connectivity index (χ0) is 13.8. The third-order valence-corrected chi connectivity index (χ3v) is 4.05. The number of benzene rings is 1. The Kier molecular flexibility index (Phi) is 4.94. The second-order valence-corrected chi connectivity index (χ2v) is 5.65. The molecule has 1 saturated carbocycles. The van der Waals surface area contributed by atoms with Gasteiger partial charge in [0.25, 0.3) is 0 Å². The van der Waals surface area contributed by atoms with Crippen LogP contribution in [0.2, 0.25) is 0 Å². The number of rotatable bonds is 4. The molecule has 2 unspecified atom stereocenters. The van der Waals surface area contributed by atoms with Crippen LogP contribution in [0.25, 0.3) is 0 Å². The van der Waals surface area contributed by atoms with Gasteiger partial charge in [-0.15, -0.1) is 0 Å². The van der Waals surface area contributed by atoms with E-state index in [1.54, 1.807) is 7.11 Å². The highest BCUT2D eigenvalue weighted by atomic mass is 19.1. The van der Waals surface area contributed by atoms with Crippen molar-refractivity contribution in [1.82, 2.24) is 5.32 Å². The fourth-order valence-corrected chi connectivity index (χ4v) is 2.94. The van der Waals surface area contributed by atoms with E-state index in [1.807, 2.05) is 26.0 Å². The van der Waals surface area contributed by atoms with Gasteiger partial charge in [-0.1, -0.05) is 12.1 Å². The van der Waals surface area contributed by atoms with Crippen LogP contribution in [0, 0.1) is 19.7 Å². The Morgan fingerprint density at radius 3 is 2.58 bits per heavy atom. The smallest absolute Gasteiger partial charge is 0.129 e. The first kappa shape index (κ1) is 14.5. The van der Waals surface area contributed by atoms with Crippen LogP contribution in [0.3, 0.4) is 0 Å². The molecule has 1 aromatic carbocycles. The first-order valence-electron chi connectivity index (χ1n) is 7.12. The van der Waals surface area contributed by atoms with Crippen molar-refractivity contribution in [3.8, 4) is 0 Å². The van der Waals surface area contributed by atoms with Crippen LogP contribution in [0.15, 0.2) is 12.1 Å². The Labute approximate surface area is 115 Å². The molecule has 1 aliphatic rings. The number of methoxy groups -OCH3 is 1. The van der Waals surface area contributed by atoms with E-state index in [0.29, 0.717) is 12.1 Å². The lowest BCUT2D eigenvalue weighted by atomic mass is 9.92. The molecule has 0 aromatic heterocycles. The van der Waals surface area contributed by atoms with Crippen molar-refractivity contribution in [3.63, 3.8) is 0 Å². The van der Waals surface area contributed by atoms with Crippen LogP contribution < -0.4 is 5.32 Å². The summed E-state index contributed by atoms with van der Waals surface area (Å²) >= 11 is 0. The second kappa shape index (κ2) is 6.49. The van der Waals surface area contributed by atoms with Crippen molar-refractivity contribution in [2.75, 3.05) is 7.11 Å². The van der Waals surface area contributed by atoms with Crippen molar-refractivity contribution < 1.29 is 9.13 Å². The number of ether oxygens (including phenoxy) is 1. The summed E-state index contributed by atoms with van der Waals surface area (Å²) in [5.41, 5.74) is 2.63. The van der Waals surface area contributed by atoms with Gasteiger partial charge < -0.3 is 10.1 Å². The van der Waals surface area contributed by atoms with E-state index in [-0.39, 0.29) is 5.82 Å². The molecule has 1 aliphatic carbocycles. The van der Waals surface area contributed by atoms with E-state index in [1.165, 1.54) is 19.3 Å². The monoisotopic (exact) mass is 265 g/mol. The van der Waals surface area contributed by atoms with E-state index in [4.69, 9.17) is 4.74 Å². The predicted molar refractivity (Wildman–Crippen MR) is 75.8 cm³/mol. The van der Waals surface area contributed by atoms with Crippen molar-refractivity contribution in [2.45, 2.75) is 58.2 Å². The van der Waals surface area contributed by atoms with Gasteiger partial charge in [-0.25, -0.2) is 4.39 Å². The summed E-state index contributed by atoms with van der Waals surface area (Å²) in [6.45, 7) is 4.46. The van der Waals surface area contributed by atoms with Crippen LogP contribution in [0.4, 0.5) is 4.39 Å². The van der Waals surface area contributed by atoms with Gasteiger partial charge in [0.15, 0.2) is 0 Å². The molecule has 3 heteroatoms. The highest BCUT2D eigenvalue weighted by molar-refractivity contribution is 5.30. The maximum Gasteiger partial charge on any atom is 0.129 e. The molecule has 19 heavy (non-hydrogen) atoms. The van der Waals surface area contributed by atoms with Gasteiger partial charge in [0.2, 0.25) is 0 Å². The van der Waals surface area contributed by atoms with E-state index in [0.717, 1.165) is 29.7 Å². The number of halogens is 1. The molecule has 0 bridgehead atoms. The quantitative estimate of drug-likeness (QED) is 0.899. The molecule has 0 saturated heterocycles. The molecule has 0 amide bonds. The Bertz CT molecular complexity index is 410. The van der Waals surface area contributed by atoms with Gasteiger partial charge in [0.05, 0.1) is 6.10 Å². The number of aryl methyl sites for hydroxylation is 2. The maximum atomic E-state index is 13.6. The normalized spacial score (nSPS) is 23.6. The molecule has 106 valence electrons. The molecule has 2 nitrogen and oxygen atoms in total. The molecular weight excluding hydrogens is 241 g/mol. The summed E-state index contributed by atoms with van der Waals surface area (Å²) in [5.74, 6) is -0.0825. The maximum absolute atomic E-state index is 13.6. The van der Waals surface area contributed by atoms with E-state index in [9.17, 15) is 4.39 Å². The zero-order valence-electron chi connectivity index (χ0n) is 12.1. The topological polar surface area (TPSA) is 21.3 Å². The molecule has 0 spiro atoms. The molecule has 1 aromatic rings. The van der Waals surface area contributed by atoms with Crippen LogP contribution in [0.5, 0.6) is 0 Å². The highest BCUT2D eigenvalue weighted by Crippen LogP contribution is 2.21. The van der Waals surface area contributed by atoms with E-state index in [2.05, 4.69) is 5.32 Å². The lowest BCUT2D eigenvalue weighted by Crippen LogP contribution is -2.36. The van der Waals surface area contributed by atoms with Crippen LogP contribution in [-0.4, -0.2) is 19.3 Å². The van der Waals surface area contributed by atoms with E-state index >= 15 is 0 Å². The minimum atomic E-state index is -0.0825. The summed E-state index contributed by atoms with van der Waals surface area (Å²) in [5, 5.41) is 3.57. The lowest BCUT2D eigenvalue weighted by molar-refractivity contribution is 0.0586. The molecule has 0 radical (unpaired) electrons. The van der Waals surface area contributed by atoms with Crippen molar-refractivity contribution >= 4 is 0 Å². The van der Waals surface area contributed by atoms with Gasteiger partial charge >= 0.3 is 0 Å². The standard InChI is InChI=1S/C16H24FNO/c1-11-7-13(8-12(2)16(11)17)10-18-14-5-4-6-15(9-14)19-3/h7-8,14-15,18H,4-6,9-10H2,1-3H3. The number of nitrogens with one attached hydrogen (secondary N) is 1. The third-order valence-electron chi connectivity index (χ3n) is 4.05. The summed E-state index contributed by atoms with van der Waals surface area (Å²) in [4.78, 5) is 0. The summed E-state index contributed by atoms with van der Waals surface area (Å²) in [7, 11) is 1.79. The molecule has 1 N–H and O–H groups in total. The molecule has 0 aliphatic heterocycles. The van der Waals surface area contributed by atoms with Gasteiger partial charge in [-0.2, -0.15) is 0 Å². The Morgan fingerprint density at radius 2 is 1.95 bits per heavy atom. The fraction of sp³-hybridized carbons (Fsp3) is 0.625. The molecule has 2 rings (SSSR count). The molecular formula is C16H24FNO. The highest BCUT2D eigenvalue weighted by Gasteiger charge is 2.21. The predicted octanol–water partition coefficient (Wildman–Crippen LogP) is 3.49. The first-order valence-corrected chi connectivity index (χ1v) is 7.12. The third kappa shape index (κ3) is 3.77. The Balaban J connectivity index is 1.91. The van der Waals surface area contributed by atoms with Gasteiger partial charge in [0, 0.05) is 19.7 Å². The van der Waals surface area contributed by atoms with Gasteiger partial charge in [-0.3, -0.25) is 0 Å². The van der Waals surface area contributed by atoms with Crippen molar-refractivity contribution in [3.05, 3.63) is 34.6 Å². The summed E-state index contributed by atoms with van der Waals surface area (Å²) in [6.07, 6.45) is 5.07. The second-order valence-electron chi connectivity index (χ2n) is 5.65. The average Bonchev–Trinajstić information content (AvgIpc) is 2.42. The molecule has 2 atom stereocenters. The van der Waals surface area contributed by atoms with Crippen LogP contribution in [-0.2, 0) is 11.3 Å². The van der Waals surface area contributed by atoms with Crippen LogP contribution >= 0.6 is 0 Å². The zero-order valence-corrected chi connectivity index (χ0v) is 12.1. The Morgan fingerprint density at radius 1 is 1.26 bits per heavy atom. The number of hydrogen-bond donors (Lipinski definition) is 1.